The van der Waals surface area contributed by atoms with E-state index in [0.717, 1.165) is 13.0 Å². The van der Waals surface area contributed by atoms with Crippen LogP contribution in [0.25, 0.3) is 33.4 Å². The van der Waals surface area contributed by atoms with Crippen molar-refractivity contribution in [1.29, 1.82) is 0 Å². The van der Waals surface area contributed by atoms with E-state index in [4.69, 9.17) is 0 Å². The van der Waals surface area contributed by atoms with Crippen molar-refractivity contribution in [2.45, 2.75) is 24.3 Å². The van der Waals surface area contributed by atoms with Gasteiger partial charge in [0.15, 0.2) is 0 Å². The van der Waals surface area contributed by atoms with E-state index in [1.807, 2.05) is 0 Å². The summed E-state index contributed by atoms with van der Waals surface area (Å²) in [6.45, 7) is 0.860. The number of fused-ring (bicyclic) bond motifs is 11. The molecule has 0 fully saturated rings. The normalized spacial score (nSPS) is 17.3. The average Bonchev–Trinajstić information content (AvgIpc) is 3.41. The summed E-state index contributed by atoms with van der Waals surface area (Å²) >= 11 is 0. The molecule has 0 saturated heterocycles. The highest BCUT2D eigenvalue weighted by molar-refractivity contribution is 6.00. The Balaban J connectivity index is 1.38. The van der Waals surface area contributed by atoms with Gasteiger partial charge in [0.25, 0.3) is 0 Å². The number of anilines is 2. The second kappa shape index (κ2) is 9.30. The molecule has 1 heteroatoms. The third kappa shape index (κ3) is 3.33. The molecule has 0 bridgehead atoms. The summed E-state index contributed by atoms with van der Waals surface area (Å²) in [5.41, 5.74) is 18.4. The zero-order valence-corrected chi connectivity index (χ0v) is 24.9. The maximum absolute atomic E-state index is 2.62. The van der Waals surface area contributed by atoms with Gasteiger partial charge < -0.3 is 4.90 Å². The Bertz CT molecular complexity index is 2190. The first-order valence-electron chi connectivity index (χ1n) is 16.1. The molecule has 45 heavy (non-hydrogen) atoms. The maximum Gasteiger partial charge on any atom is 0.0754 e. The lowest BCUT2D eigenvalue weighted by molar-refractivity contribution is 0.726. The molecule has 6 aromatic carbocycles. The summed E-state index contributed by atoms with van der Waals surface area (Å²) in [7, 11) is 0. The number of nitrogens with zero attached hydrogens (tertiary/aromatic N) is 1. The Morgan fingerprint density at radius 2 is 1.24 bits per heavy atom. The SMILES string of the molecule is C1=CCC(c2cc3c4c(c2)C2(c5ccccc5-c5ccccc52)c2cc(-c5ccccc5)ccc2N4Cc2ccccc2-3)C=C1. The van der Waals surface area contributed by atoms with Gasteiger partial charge >= 0.3 is 0 Å². The summed E-state index contributed by atoms with van der Waals surface area (Å²) < 4.78 is 0. The third-order valence-corrected chi connectivity index (χ3v) is 10.6. The molecular weight excluding hydrogens is 542 g/mol. The second-order valence-electron chi connectivity index (χ2n) is 12.8. The van der Waals surface area contributed by atoms with E-state index in [1.54, 1.807) is 0 Å². The lowest BCUT2D eigenvalue weighted by atomic mass is 9.62. The van der Waals surface area contributed by atoms with E-state index in [1.165, 1.54) is 78.1 Å². The molecule has 0 aromatic heterocycles. The average molecular weight is 574 g/mol. The van der Waals surface area contributed by atoms with Crippen molar-refractivity contribution in [3.63, 3.8) is 0 Å². The smallest absolute Gasteiger partial charge is 0.0754 e. The van der Waals surface area contributed by atoms with Crippen LogP contribution < -0.4 is 4.90 Å². The fourth-order valence-electron chi connectivity index (χ4n) is 8.70. The van der Waals surface area contributed by atoms with E-state index in [0.29, 0.717) is 5.92 Å². The highest BCUT2D eigenvalue weighted by atomic mass is 15.2. The number of hydrogen-bond acceptors (Lipinski definition) is 1. The van der Waals surface area contributed by atoms with E-state index in [-0.39, 0.29) is 0 Å². The third-order valence-electron chi connectivity index (χ3n) is 10.6. The molecule has 2 aliphatic heterocycles. The number of benzene rings is 6. The van der Waals surface area contributed by atoms with Gasteiger partial charge in [0.05, 0.1) is 11.1 Å². The summed E-state index contributed by atoms with van der Waals surface area (Å²) in [6.07, 6.45) is 10.1. The van der Waals surface area contributed by atoms with Gasteiger partial charge in [-0.05, 0) is 85.8 Å². The number of hydrogen-bond donors (Lipinski definition) is 0. The van der Waals surface area contributed by atoms with E-state index < -0.39 is 5.41 Å². The Morgan fingerprint density at radius 3 is 2.00 bits per heavy atom. The molecule has 0 amide bonds. The molecule has 1 spiro atoms. The molecule has 1 atom stereocenters. The lowest BCUT2D eigenvalue weighted by Crippen LogP contribution is -2.39. The van der Waals surface area contributed by atoms with Gasteiger partial charge in [0.1, 0.15) is 0 Å². The molecule has 2 heterocycles. The predicted molar refractivity (Wildman–Crippen MR) is 186 cm³/mol. The Labute approximate surface area is 264 Å². The van der Waals surface area contributed by atoms with Crippen molar-refractivity contribution in [2.75, 3.05) is 4.90 Å². The van der Waals surface area contributed by atoms with Crippen LogP contribution in [0, 0.1) is 0 Å². The largest absolute Gasteiger partial charge is 0.336 e. The van der Waals surface area contributed by atoms with E-state index in [9.17, 15) is 0 Å². The number of rotatable bonds is 2. The van der Waals surface area contributed by atoms with Crippen LogP contribution in [-0.4, -0.2) is 0 Å². The fourth-order valence-corrected chi connectivity index (χ4v) is 8.70. The Morgan fingerprint density at radius 1 is 0.533 bits per heavy atom. The molecule has 6 aromatic rings. The molecule has 0 saturated carbocycles. The molecule has 1 unspecified atom stereocenters. The summed E-state index contributed by atoms with van der Waals surface area (Å²) in [6, 6.07) is 50.5. The van der Waals surface area contributed by atoms with Crippen molar-refractivity contribution in [3.8, 4) is 33.4 Å². The first kappa shape index (κ1) is 25.0. The topological polar surface area (TPSA) is 3.24 Å². The molecule has 0 radical (unpaired) electrons. The van der Waals surface area contributed by atoms with Gasteiger partial charge in [-0.25, -0.2) is 0 Å². The molecular formula is C44H31N. The molecule has 10 rings (SSSR count). The van der Waals surface area contributed by atoms with Crippen LogP contribution in [0.1, 0.15) is 45.7 Å². The fraction of sp³-hybridized carbons (Fsp3) is 0.0909. The lowest BCUT2D eigenvalue weighted by Gasteiger charge is -2.48. The minimum atomic E-state index is -0.440. The second-order valence-corrected chi connectivity index (χ2v) is 12.8. The highest BCUT2D eigenvalue weighted by Gasteiger charge is 2.53. The highest BCUT2D eigenvalue weighted by Crippen LogP contribution is 2.65. The van der Waals surface area contributed by atoms with Crippen LogP contribution in [0.4, 0.5) is 11.4 Å². The zero-order chi connectivity index (χ0) is 29.5. The van der Waals surface area contributed by atoms with Gasteiger partial charge in [-0.3, -0.25) is 0 Å². The minimum Gasteiger partial charge on any atom is -0.336 e. The standard InChI is InChI=1S/C44H31N/c1-3-13-29(14-4-1)31-23-24-42-40(26-31)44(38-21-11-9-19-35(38)36-20-10-12-22-39(36)44)41-27-33(30-15-5-2-6-16-30)25-37-34-18-8-7-17-32(34)28-45(42)43(37)41/h1-15,17-27,30H,16,28H2. The van der Waals surface area contributed by atoms with Gasteiger partial charge in [-0.1, -0.05) is 140 Å². The van der Waals surface area contributed by atoms with Crippen molar-refractivity contribution < 1.29 is 0 Å². The van der Waals surface area contributed by atoms with Crippen LogP contribution >= 0.6 is 0 Å². The van der Waals surface area contributed by atoms with Crippen LogP contribution in [0.3, 0.4) is 0 Å². The first-order chi connectivity index (χ1) is 22.3. The number of allylic oxidation sites excluding steroid dienone is 4. The van der Waals surface area contributed by atoms with Crippen molar-refractivity contribution in [1.82, 2.24) is 0 Å². The van der Waals surface area contributed by atoms with Crippen molar-refractivity contribution >= 4 is 11.4 Å². The minimum absolute atomic E-state index is 0.347. The molecule has 4 aliphatic rings. The van der Waals surface area contributed by atoms with Gasteiger partial charge in [-0.2, -0.15) is 0 Å². The van der Waals surface area contributed by atoms with Gasteiger partial charge in [0.2, 0.25) is 0 Å². The van der Waals surface area contributed by atoms with E-state index >= 15 is 0 Å². The van der Waals surface area contributed by atoms with Crippen LogP contribution in [0.15, 0.2) is 158 Å². The van der Waals surface area contributed by atoms with Gasteiger partial charge in [-0.15, -0.1) is 0 Å². The summed E-state index contributed by atoms with van der Waals surface area (Å²) in [4.78, 5) is 2.62. The molecule has 1 nitrogen and oxygen atoms in total. The quantitative estimate of drug-likeness (QED) is 0.199. The maximum atomic E-state index is 2.62. The Hall–Kier alpha value is -5.40. The molecule has 2 aliphatic carbocycles. The van der Waals surface area contributed by atoms with Crippen LogP contribution in [0.5, 0.6) is 0 Å². The van der Waals surface area contributed by atoms with E-state index in [2.05, 4.69) is 163 Å². The predicted octanol–water partition coefficient (Wildman–Crippen LogP) is 10.9. The van der Waals surface area contributed by atoms with Crippen LogP contribution in [0.2, 0.25) is 0 Å². The van der Waals surface area contributed by atoms with Crippen molar-refractivity contribution in [2.24, 2.45) is 0 Å². The van der Waals surface area contributed by atoms with Crippen molar-refractivity contribution in [3.05, 3.63) is 191 Å². The summed E-state index contributed by atoms with van der Waals surface area (Å²) in [5, 5.41) is 0. The monoisotopic (exact) mass is 573 g/mol. The molecule has 212 valence electrons. The first-order valence-corrected chi connectivity index (χ1v) is 16.1. The summed E-state index contributed by atoms with van der Waals surface area (Å²) in [5.74, 6) is 0.347. The zero-order valence-electron chi connectivity index (χ0n) is 24.9. The molecule has 0 N–H and O–H groups in total. The van der Waals surface area contributed by atoms with Gasteiger partial charge in [0, 0.05) is 23.7 Å². The Kier molecular flexibility index (Phi) is 5.16. The van der Waals surface area contributed by atoms with Crippen LogP contribution in [-0.2, 0) is 12.0 Å².